The van der Waals surface area contributed by atoms with Crippen LogP contribution >= 0.6 is 11.3 Å². The van der Waals surface area contributed by atoms with Gasteiger partial charge >= 0.3 is 0 Å². The van der Waals surface area contributed by atoms with Gasteiger partial charge in [-0.3, -0.25) is 9.69 Å². The number of carbonyl (C=O) groups excluding carboxylic acids is 1. The molecule has 1 amide bonds. The summed E-state index contributed by atoms with van der Waals surface area (Å²) in [7, 11) is 0. The molecule has 0 radical (unpaired) electrons. The highest BCUT2D eigenvalue weighted by atomic mass is 32.1. The minimum Gasteiger partial charge on any atom is -0.474 e. The zero-order valence-electron chi connectivity index (χ0n) is 17.3. The SMILES string of the molecule is NC(=O)CC[C@H]1CCc2sc3ncnc(O[C@H]4CC[C@H](N5CCOCC5)CC4)c3c21. The quantitative estimate of drug-likeness (QED) is 0.758. The lowest BCUT2D eigenvalue weighted by molar-refractivity contribution is -0.118. The van der Waals surface area contributed by atoms with Crippen LogP contribution in [0.1, 0.15) is 61.3 Å². The van der Waals surface area contributed by atoms with Crippen LogP contribution in [-0.4, -0.2) is 59.2 Å². The highest BCUT2D eigenvalue weighted by molar-refractivity contribution is 7.19. The van der Waals surface area contributed by atoms with Gasteiger partial charge < -0.3 is 15.2 Å². The average Bonchev–Trinajstić information content (AvgIpc) is 3.33. The standard InChI is InChI=1S/C22H30N4O3S/c23-18(27)8-2-14-1-7-17-19(14)20-21(24-13-25-22(20)30-17)29-16-5-3-15(4-6-16)26-9-11-28-12-10-26/h13-16H,1-12H2,(H2,23,27)/t14-,15-,16-/m1/s1. The Kier molecular flexibility index (Phi) is 5.89. The van der Waals surface area contributed by atoms with Crippen LogP contribution < -0.4 is 10.5 Å². The van der Waals surface area contributed by atoms with Crippen molar-refractivity contribution in [2.75, 3.05) is 26.3 Å². The van der Waals surface area contributed by atoms with Gasteiger partial charge in [-0.05, 0) is 56.4 Å². The minimum atomic E-state index is -0.229. The topological polar surface area (TPSA) is 90.6 Å². The van der Waals surface area contributed by atoms with Crippen molar-refractivity contribution in [2.45, 2.75) is 69.4 Å². The molecule has 3 aliphatic rings. The number of hydrogen-bond donors (Lipinski definition) is 1. The molecule has 3 heterocycles. The van der Waals surface area contributed by atoms with E-state index in [4.69, 9.17) is 15.2 Å². The highest BCUT2D eigenvalue weighted by Crippen LogP contribution is 2.47. The Labute approximate surface area is 181 Å². The first-order valence-corrected chi connectivity index (χ1v) is 12.0. The monoisotopic (exact) mass is 430 g/mol. The number of nitrogens with two attached hydrogens (primary N) is 1. The molecule has 1 atom stereocenters. The molecule has 0 bridgehead atoms. The Bertz CT molecular complexity index is 903. The third-order valence-electron chi connectivity index (χ3n) is 6.92. The van der Waals surface area contributed by atoms with Crippen molar-refractivity contribution >= 4 is 27.5 Å². The molecule has 2 aromatic heterocycles. The molecule has 2 N–H and O–H groups in total. The highest BCUT2D eigenvalue weighted by Gasteiger charge is 2.32. The van der Waals surface area contributed by atoms with Crippen LogP contribution in [0.25, 0.3) is 10.2 Å². The summed E-state index contributed by atoms with van der Waals surface area (Å²) in [4.78, 5) is 25.3. The van der Waals surface area contributed by atoms with E-state index in [1.54, 1.807) is 17.7 Å². The van der Waals surface area contributed by atoms with Crippen molar-refractivity contribution in [3.05, 3.63) is 16.8 Å². The van der Waals surface area contributed by atoms with Crippen LogP contribution in [0.15, 0.2) is 6.33 Å². The molecule has 0 aromatic carbocycles. The number of morpholine rings is 1. The number of thiophene rings is 1. The molecule has 2 aliphatic carbocycles. The average molecular weight is 431 g/mol. The number of primary amides is 1. The molecule has 0 spiro atoms. The van der Waals surface area contributed by atoms with Crippen molar-refractivity contribution < 1.29 is 14.3 Å². The number of aryl methyl sites for hydroxylation is 1. The number of carbonyl (C=O) groups is 1. The third-order valence-corrected chi connectivity index (χ3v) is 8.09. The van der Waals surface area contributed by atoms with Crippen LogP contribution in [0, 0.1) is 0 Å². The lowest BCUT2D eigenvalue weighted by Crippen LogP contribution is -2.46. The molecule has 7 nitrogen and oxygen atoms in total. The maximum absolute atomic E-state index is 11.3. The lowest BCUT2D eigenvalue weighted by Gasteiger charge is -2.38. The number of fused-ring (bicyclic) bond motifs is 3. The Balaban J connectivity index is 1.30. The summed E-state index contributed by atoms with van der Waals surface area (Å²) in [5, 5.41) is 1.08. The summed E-state index contributed by atoms with van der Waals surface area (Å²) in [6.45, 7) is 3.82. The van der Waals surface area contributed by atoms with Crippen molar-refractivity contribution in [1.82, 2.24) is 14.9 Å². The smallest absolute Gasteiger partial charge is 0.225 e. The van der Waals surface area contributed by atoms with Gasteiger partial charge in [-0.25, -0.2) is 9.97 Å². The predicted molar refractivity (Wildman–Crippen MR) is 116 cm³/mol. The molecule has 162 valence electrons. The molecular weight excluding hydrogens is 400 g/mol. The molecule has 5 rings (SSSR count). The van der Waals surface area contributed by atoms with Crippen LogP contribution in [0.2, 0.25) is 0 Å². The molecule has 1 saturated heterocycles. The fraction of sp³-hybridized carbons (Fsp3) is 0.682. The molecule has 1 saturated carbocycles. The maximum atomic E-state index is 11.3. The summed E-state index contributed by atoms with van der Waals surface area (Å²) in [5.41, 5.74) is 6.71. The first-order chi connectivity index (χ1) is 14.7. The number of hydrogen-bond acceptors (Lipinski definition) is 7. The predicted octanol–water partition coefficient (Wildman–Crippen LogP) is 3.01. The van der Waals surface area contributed by atoms with E-state index in [0.29, 0.717) is 18.4 Å². The Morgan fingerprint density at radius 2 is 2.00 bits per heavy atom. The van der Waals surface area contributed by atoms with Gasteiger partial charge in [0.05, 0.1) is 18.6 Å². The number of ether oxygens (including phenoxy) is 2. The van der Waals surface area contributed by atoms with Gasteiger partial charge in [-0.1, -0.05) is 0 Å². The second-order valence-corrected chi connectivity index (χ2v) is 9.82. The van der Waals surface area contributed by atoms with E-state index < -0.39 is 0 Å². The first kappa shape index (κ1) is 20.2. The largest absolute Gasteiger partial charge is 0.474 e. The summed E-state index contributed by atoms with van der Waals surface area (Å²) >= 11 is 1.75. The van der Waals surface area contributed by atoms with E-state index in [0.717, 1.165) is 74.5 Å². The van der Waals surface area contributed by atoms with E-state index in [2.05, 4.69) is 14.9 Å². The van der Waals surface area contributed by atoms with E-state index >= 15 is 0 Å². The van der Waals surface area contributed by atoms with Crippen molar-refractivity contribution in [3.8, 4) is 5.88 Å². The number of aromatic nitrogens is 2. The third kappa shape index (κ3) is 4.05. The summed E-state index contributed by atoms with van der Waals surface area (Å²) < 4.78 is 12.0. The van der Waals surface area contributed by atoms with Crippen molar-refractivity contribution in [2.24, 2.45) is 5.73 Å². The van der Waals surface area contributed by atoms with Gasteiger partial charge in [0.1, 0.15) is 17.3 Å². The molecule has 2 fully saturated rings. The van der Waals surface area contributed by atoms with Gasteiger partial charge in [0, 0.05) is 30.4 Å². The second-order valence-electron chi connectivity index (χ2n) is 8.74. The zero-order chi connectivity index (χ0) is 20.5. The maximum Gasteiger partial charge on any atom is 0.225 e. The van der Waals surface area contributed by atoms with Crippen LogP contribution in [-0.2, 0) is 16.0 Å². The number of nitrogens with zero attached hydrogens (tertiary/aromatic N) is 3. The fourth-order valence-electron chi connectivity index (χ4n) is 5.36. The van der Waals surface area contributed by atoms with Crippen molar-refractivity contribution in [1.29, 1.82) is 0 Å². The Morgan fingerprint density at radius 3 is 2.77 bits per heavy atom. The molecule has 30 heavy (non-hydrogen) atoms. The Morgan fingerprint density at radius 1 is 1.20 bits per heavy atom. The minimum absolute atomic E-state index is 0.210. The van der Waals surface area contributed by atoms with Gasteiger partial charge in [0.25, 0.3) is 0 Å². The molecule has 2 aromatic rings. The van der Waals surface area contributed by atoms with Crippen LogP contribution in [0.5, 0.6) is 5.88 Å². The van der Waals surface area contributed by atoms with Crippen molar-refractivity contribution in [3.63, 3.8) is 0 Å². The van der Waals surface area contributed by atoms with Gasteiger partial charge in [-0.2, -0.15) is 0 Å². The van der Waals surface area contributed by atoms with E-state index in [1.807, 2.05) is 0 Å². The molecule has 8 heteroatoms. The normalized spacial score (nSPS) is 27.3. The second kappa shape index (κ2) is 8.77. The Hall–Kier alpha value is -1.77. The fourth-order valence-corrected chi connectivity index (χ4v) is 6.59. The zero-order valence-corrected chi connectivity index (χ0v) is 18.2. The number of rotatable bonds is 6. The first-order valence-electron chi connectivity index (χ1n) is 11.2. The lowest BCUT2D eigenvalue weighted by atomic mass is 9.91. The summed E-state index contributed by atoms with van der Waals surface area (Å²) in [5.74, 6) is 0.859. The van der Waals surface area contributed by atoms with E-state index in [1.165, 1.54) is 23.3 Å². The summed E-state index contributed by atoms with van der Waals surface area (Å²) in [6.07, 6.45) is 9.64. The van der Waals surface area contributed by atoms with Gasteiger partial charge in [-0.15, -0.1) is 11.3 Å². The van der Waals surface area contributed by atoms with E-state index in [-0.39, 0.29) is 12.0 Å². The summed E-state index contributed by atoms with van der Waals surface area (Å²) in [6, 6.07) is 0.655. The van der Waals surface area contributed by atoms with Crippen LogP contribution in [0.3, 0.4) is 0 Å². The molecule has 0 unspecified atom stereocenters. The number of amides is 1. The molecular formula is C22H30N4O3S. The van der Waals surface area contributed by atoms with Gasteiger partial charge in [0.2, 0.25) is 11.8 Å². The van der Waals surface area contributed by atoms with Crippen LogP contribution in [0.4, 0.5) is 0 Å². The van der Waals surface area contributed by atoms with E-state index in [9.17, 15) is 4.79 Å². The van der Waals surface area contributed by atoms with Gasteiger partial charge in [0.15, 0.2) is 0 Å². The molecule has 1 aliphatic heterocycles.